The van der Waals surface area contributed by atoms with E-state index < -0.39 is 0 Å². The van der Waals surface area contributed by atoms with Crippen molar-refractivity contribution in [2.45, 2.75) is 38.0 Å². The van der Waals surface area contributed by atoms with Gasteiger partial charge in [0.05, 0.1) is 16.7 Å². The van der Waals surface area contributed by atoms with E-state index in [-0.39, 0.29) is 0 Å². The zero-order valence-corrected chi connectivity index (χ0v) is 37.3. The summed E-state index contributed by atoms with van der Waals surface area (Å²) < 4.78 is 8.67. The van der Waals surface area contributed by atoms with Crippen LogP contribution in [0, 0.1) is 0 Å². The summed E-state index contributed by atoms with van der Waals surface area (Å²) in [4.78, 5) is 2.49. The lowest BCUT2D eigenvalue weighted by molar-refractivity contribution is 0.445. The lowest BCUT2D eigenvalue weighted by Gasteiger charge is -2.30. The molecule has 0 saturated heterocycles. The van der Waals surface area contributed by atoms with Gasteiger partial charge in [-0.1, -0.05) is 171 Å². The Morgan fingerprint density at radius 3 is 1.90 bits per heavy atom. The molecule has 13 rings (SSSR count). The van der Waals surface area contributed by atoms with E-state index in [9.17, 15) is 0 Å². The summed E-state index contributed by atoms with van der Waals surface area (Å²) in [5.41, 5.74) is 17.3. The monoisotopic (exact) mass is 860 g/mol. The van der Waals surface area contributed by atoms with Gasteiger partial charge >= 0.3 is 0 Å². The van der Waals surface area contributed by atoms with E-state index in [1.807, 2.05) is 6.07 Å². The second kappa shape index (κ2) is 16.4. The summed E-state index contributed by atoms with van der Waals surface area (Å²) in [6, 6.07) is 82.4. The van der Waals surface area contributed by atoms with Gasteiger partial charge in [-0.15, -0.1) is 0 Å². The standard InChI is InChI=1S/C64H48N2O/c1-3-18-43(19-4-1)51-31-15-20-44-21-16-33-55(63(44)51)53-28-7-10-34-58(53)65(49-26-13-22-45(40-49)46-38-39-62-57(42-46)54-29-9-12-37-61(54)67-62)50-27-14-23-47(41-50)52-32-17-36-60-64(52)56-30-8-11-35-59(56)66(60)48-24-5-2-6-25-48/h2,5-17,20-43H,1,3-4,18-19H2. The number of furan rings is 1. The van der Waals surface area contributed by atoms with Crippen LogP contribution in [0.15, 0.2) is 229 Å². The van der Waals surface area contributed by atoms with Crippen molar-refractivity contribution in [3.05, 3.63) is 230 Å². The molecule has 0 N–H and O–H groups in total. The second-order valence-electron chi connectivity index (χ2n) is 18.2. The zero-order chi connectivity index (χ0) is 44.3. The molecule has 0 aliphatic heterocycles. The maximum absolute atomic E-state index is 6.27. The predicted octanol–water partition coefficient (Wildman–Crippen LogP) is 18.4. The van der Waals surface area contributed by atoms with Gasteiger partial charge in [0.15, 0.2) is 0 Å². The van der Waals surface area contributed by atoms with Crippen LogP contribution in [0.2, 0.25) is 0 Å². The highest BCUT2D eigenvalue weighted by Gasteiger charge is 2.24. The Morgan fingerprint density at radius 2 is 1.03 bits per heavy atom. The van der Waals surface area contributed by atoms with Crippen molar-refractivity contribution in [2.24, 2.45) is 0 Å². The fraction of sp³-hybridized carbons (Fsp3) is 0.0938. The topological polar surface area (TPSA) is 21.3 Å². The summed E-state index contributed by atoms with van der Waals surface area (Å²) in [5.74, 6) is 0.565. The van der Waals surface area contributed by atoms with Crippen LogP contribution in [0.25, 0.3) is 93.6 Å². The summed E-state index contributed by atoms with van der Waals surface area (Å²) in [7, 11) is 0. The van der Waals surface area contributed by atoms with E-state index in [2.05, 4.69) is 228 Å². The molecule has 10 aromatic carbocycles. The molecule has 0 amide bonds. The molecule has 1 aliphatic carbocycles. The fourth-order valence-corrected chi connectivity index (χ4v) is 11.3. The van der Waals surface area contributed by atoms with Gasteiger partial charge in [-0.3, -0.25) is 0 Å². The van der Waals surface area contributed by atoms with Crippen molar-refractivity contribution < 1.29 is 4.42 Å². The lowest BCUT2D eigenvalue weighted by Crippen LogP contribution is -2.12. The van der Waals surface area contributed by atoms with Gasteiger partial charge in [0.2, 0.25) is 0 Å². The van der Waals surface area contributed by atoms with Crippen molar-refractivity contribution in [3.63, 3.8) is 0 Å². The summed E-state index contributed by atoms with van der Waals surface area (Å²) in [6.45, 7) is 0. The molecule has 1 aliphatic rings. The number of benzene rings is 10. The predicted molar refractivity (Wildman–Crippen MR) is 282 cm³/mol. The Labute approximate surface area is 390 Å². The third kappa shape index (κ3) is 6.72. The van der Waals surface area contributed by atoms with Gasteiger partial charge in [-0.2, -0.15) is 0 Å². The molecule has 3 heteroatoms. The molecular formula is C64H48N2O. The van der Waals surface area contributed by atoms with E-state index in [0.717, 1.165) is 55.8 Å². The normalized spacial score (nSPS) is 13.3. The van der Waals surface area contributed by atoms with Crippen molar-refractivity contribution in [3.8, 4) is 39.1 Å². The van der Waals surface area contributed by atoms with E-state index in [1.165, 1.54) is 92.5 Å². The van der Waals surface area contributed by atoms with Gasteiger partial charge in [0.1, 0.15) is 11.2 Å². The molecule has 0 bridgehead atoms. The Morgan fingerprint density at radius 1 is 0.403 bits per heavy atom. The van der Waals surface area contributed by atoms with Crippen LogP contribution in [0.5, 0.6) is 0 Å². The molecular weight excluding hydrogens is 813 g/mol. The van der Waals surface area contributed by atoms with Gasteiger partial charge < -0.3 is 13.9 Å². The van der Waals surface area contributed by atoms with Crippen LogP contribution in [0.1, 0.15) is 43.6 Å². The van der Waals surface area contributed by atoms with E-state index in [0.29, 0.717) is 5.92 Å². The first-order valence-electron chi connectivity index (χ1n) is 23.9. The van der Waals surface area contributed by atoms with Gasteiger partial charge in [-0.25, -0.2) is 0 Å². The van der Waals surface area contributed by atoms with Gasteiger partial charge in [-0.05, 0) is 136 Å². The van der Waals surface area contributed by atoms with Crippen molar-refractivity contribution >= 4 is 71.6 Å². The Hall–Kier alpha value is -8.14. The molecule has 1 fully saturated rings. The highest BCUT2D eigenvalue weighted by molar-refractivity contribution is 6.16. The molecule has 2 heterocycles. The molecule has 12 aromatic rings. The van der Waals surface area contributed by atoms with E-state index >= 15 is 0 Å². The molecule has 2 aromatic heterocycles. The molecule has 0 radical (unpaired) electrons. The van der Waals surface area contributed by atoms with E-state index in [4.69, 9.17) is 4.42 Å². The number of hydrogen-bond donors (Lipinski definition) is 0. The minimum atomic E-state index is 0.565. The number of rotatable bonds is 8. The highest BCUT2D eigenvalue weighted by Crippen LogP contribution is 2.48. The van der Waals surface area contributed by atoms with Crippen LogP contribution in [-0.4, -0.2) is 4.57 Å². The van der Waals surface area contributed by atoms with Crippen molar-refractivity contribution in [1.82, 2.24) is 4.57 Å². The van der Waals surface area contributed by atoms with Crippen LogP contribution >= 0.6 is 0 Å². The fourth-order valence-electron chi connectivity index (χ4n) is 11.3. The molecule has 0 unspecified atom stereocenters. The third-order valence-corrected chi connectivity index (χ3v) is 14.4. The maximum atomic E-state index is 6.27. The van der Waals surface area contributed by atoms with Gasteiger partial charge in [0.25, 0.3) is 0 Å². The van der Waals surface area contributed by atoms with Gasteiger partial charge in [0, 0.05) is 44.2 Å². The van der Waals surface area contributed by atoms with Crippen molar-refractivity contribution in [1.29, 1.82) is 0 Å². The molecule has 0 spiro atoms. The number of anilines is 3. The quantitative estimate of drug-likeness (QED) is 0.152. The molecule has 3 nitrogen and oxygen atoms in total. The second-order valence-corrected chi connectivity index (χ2v) is 18.2. The van der Waals surface area contributed by atoms with Crippen LogP contribution < -0.4 is 4.90 Å². The molecule has 320 valence electrons. The summed E-state index contributed by atoms with van der Waals surface area (Å²) in [5, 5.41) is 7.43. The first-order valence-corrected chi connectivity index (χ1v) is 23.9. The Kier molecular flexibility index (Phi) is 9.60. The smallest absolute Gasteiger partial charge is 0.135 e. The number of para-hydroxylation sites is 4. The van der Waals surface area contributed by atoms with Crippen LogP contribution in [0.3, 0.4) is 0 Å². The maximum Gasteiger partial charge on any atom is 0.135 e. The van der Waals surface area contributed by atoms with Crippen LogP contribution in [-0.2, 0) is 0 Å². The minimum Gasteiger partial charge on any atom is -0.456 e. The SMILES string of the molecule is c1ccc(-n2c3ccccc3c3c(-c4cccc(N(c5cccc(-c6ccc7oc8ccccc8c7c6)c5)c5ccccc5-c5cccc6cccc(C7CCCCC7)c56)c4)cccc32)cc1. The van der Waals surface area contributed by atoms with Crippen LogP contribution in [0.4, 0.5) is 17.1 Å². The number of aromatic nitrogens is 1. The largest absolute Gasteiger partial charge is 0.456 e. The third-order valence-electron chi connectivity index (χ3n) is 14.4. The van der Waals surface area contributed by atoms with E-state index in [1.54, 1.807) is 0 Å². The number of hydrogen-bond acceptors (Lipinski definition) is 2. The van der Waals surface area contributed by atoms with Crippen molar-refractivity contribution in [2.75, 3.05) is 4.90 Å². The Bertz CT molecular complexity index is 3810. The first kappa shape index (κ1) is 39.2. The Balaban J connectivity index is 1.03. The number of nitrogens with zero attached hydrogens (tertiary/aromatic N) is 2. The lowest BCUT2D eigenvalue weighted by atomic mass is 9.80. The highest BCUT2D eigenvalue weighted by atomic mass is 16.3. The average molecular weight is 861 g/mol. The zero-order valence-electron chi connectivity index (χ0n) is 37.3. The first-order chi connectivity index (χ1) is 33.2. The summed E-state index contributed by atoms with van der Waals surface area (Å²) in [6.07, 6.45) is 6.42. The molecule has 67 heavy (non-hydrogen) atoms. The molecule has 0 atom stereocenters. The minimum absolute atomic E-state index is 0.565. The number of fused-ring (bicyclic) bond motifs is 7. The molecule has 1 saturated carbocycles. The average Bonchev–Trinajstić information content (AvgIpc) is 3.95. The summed E-state index contributed by atoms with van der Waals surface area (Å²) >= 11 is 0.